The topological polar surface area (TPSA) is 217 Å². The molecule has 9 rings (SSSR count). The highest BCUT2D eigenvalue weighted by Crippen LogP contribution is 2.76. The van der Waals surface area contributed by atoms with E-state index in [-0.39, 0.29) is 93.2 Å². The van der Waals surface area contributed by atoms with Crippen LogP contribution in [0.3, 0.4) is 0 Å². The van der Waals surface area contributed by atoms with Crippen molar-refractivity contribution in [1.82, 2.24) is 16.0 Å². The van der Waals surface area contributed by atoms with E-state index in [1.165, 1.54) is 0 Å². The number of aliphatic hydroxyl groups is 2. The standard InChI is InChI=1S/C49H67N3O13S/c1-26-9-11-30-28(3)44(55)64-42(30)39-32(26)23-36(47(39)14-15-48(58)40-33(24-49(47,48)59)27(2)10-12-31-29(4)45(56)65-43(31)40)63-38(54)13-17-60-19-21-62-22-20-61-18-16-50-37(53)8-6-5-7-35-41-34(25-66-35)51-46(57)52-41/h30-36,39-43,58-59H,1-25H2,(H,50,53)(H2,51,52,57)/t30-,31-,32-,33-,34-,35-,36-,39-,40-,41-,42-,43-,47+,48-,49-/m0/s1. The number of hydrogen-bond donors (Lipinski definition) is 5. The van der Waals surface area contributed by atoms with Crippen molar-refractivity contribution in [3.05, 3.63) is 48.6 Å². The Morgan fingerprint density at radius 3 is 2.11 bits per heavy atom. The van der Waals surface area contributed by atoms with Crippen LogP contribution in [-0.2, 0) is 47.6 Å². The van der Waals surface area contributed by atoms with Gasteiger partial charge in [-0.15, -0.1) is 0 Å². The predicted molar refractivity (Wildman–Crippen MR) is 240 cm³/mol. The molecular formula is C49H67N3O13S. The van der Waals surface area contributed by atoms with Crippen molar-refractivity contribution in [2.45, 2.75) is 130 Å². The number of fused-ring (bicyclic) bond motifs is 11. The van der Waals surface area contributed by atoms with Crippen molar-refractivity contribution >= 4 is 41.6 Å². The lowest BCUT2D eigenvalue weighted by molar-refractivity contribution is -0.229. The molecular weight excluding hydrogens is 871 g/mol. The minimum atomic E-state index is -1.83. The maximum absolute atomic E-state index is 13.8. The molecule has 0 unspecified atom stereocenters. The highest BCUT2D eigenvalue weighted by Gasteiger charge is 2.83. The summed E-state index contributed by atoms with van der Waals surface area (Å²) in [5.74, 6) is -2.98. The Bertz CT molecular complexity index is 2010. The Morgan fingerprint density at radius 1 is 0.773 bits per heavy atom. The third-order valence-electron chi connectivity index (χ3n) is 17.1. The maximum atomic E-state index is 13.8. The van der Waals surface area contributed by atoms with E-state index < -0.39 is 64.7 Å². The fourth-order valence-corrected chi connectivity index (χ4v) is 15.5. The van der Waals surface area contributed by atoms with Gasteiger partial charge in [-0.3, -0.25) is 9.59 Å². The highest BCUT2D eigenvalue weighted by molar-refractivity contribution is 8.00. The smallest absolute Gasteiger partial charge is 0.334 e. The van der Waals surface area contributed by atoms with Crippen LogP contribution in [0.5, 0.6) is 0 Å². The van der Waals surface area contributed by atoms with Crippen molar-refractivity contribution < 1.29 is 62.6 Å². The van der Waals surface area contributed by atoms with E-state index in [2.05, 4.69) is 42.3 Å². The van der Waals surface area contributed by atoms with Gasteiger partial charge in [-0.2, -0.15) is 11.8 Å². The molecule has 3 amide bonds. The zero-order chi connectivity index (χ0) is 46.5. The number of unbranched alkanes of at least 4 members (excludes halogenated alkanes) is 1. The second-order valence-corrected chi connectivity index (χ2v) is 21.5. The van der Waals surface area contributed by atoms with Gasteiger partial charge in [-0.1, -0.05) is 43.9 Å². The monoisotopic (exact) mass is 937 g/mol. The van der Waals surface area contributed by atoms with Crippen molar-refractivity contribution in [2.75, 3.05) is 51.9 Å². The first-order chi connectivity index (χ1) is 31.7. The molecule has 5 N–H and O–H groups in total. The average Bonchev–Trinajstić information content (AvgIpc) is 4.10. The average molecular weight is 938 g/mol. The summed E-state index contributed by atoms with van der Waals surface area (Å²) >= 11 is 1.88. The summed E-state index contributed by atoms with van der Waals surface area (Å²) in [6, 6.07) is 0.308. The molecule has 66 heavy (non-hydrogen) atoms. The number of esters is 3. The maximum Gasteiger partial charge on any atom is 0.334 e. The van der Waals surface area contributed by atoms with Crippen LogP contribution < -0.4 is 16.0 Å². The van der Waals surface area contributed by atoms with Gasteiger partial charge in [0.1, 0.15) is 29.5 Å². The third kappa shape index (κ3) is 8.14. The molecule has 16 nitrogen and oxygen atoms in total. The van der Waals surface area contributed by atoms with Crippen LogP contribution in [0.25, 0.3) is 0 Å². The zero-order valence-corrected chi connectivity index (χ0v) is 38.7. The molecule has 9 fully saturated rings. The molecule has 4 saturated heterocycles. The molecule has 5 saturated carbocycles. The molecule has 0 aromatic heterocycles. The van der Waals surface area contributed by atoms with Crippen molar-refractivity contribution in [1.29, 1.82) is 0 Å². The van der Waals surface area contributed by atoms with Gasteiger partial charge in [0.05, 0.1) is 58.1 Å². The van der Waals surface area contributed by atoms with Crippen molar-refractivity contribution in [3.8, 4) is 0 Å². The summed E-state index contributed by atoms with van der Waals surface area (Å²) in [7, 11) is 0. The van der Waals surface area contributed by atoms with Gasteiger partial charge in [0.15, 0.2) is 0 Å². The summed E-state index contributed by atoms with van der Waals surface area (Å²) in [6.07, 6.45) is 4.29. The summed E-state index contributed by atoms with van der Waals surface area (Å²) in [6.45, 7) is 19.1. The highest BCUT2D eigenvalue weighted by atomic mass is 32.2. The van der Waals surface area contributed by atoms with Crippen molar-refractivity contribution in [3.63, 3.8) is 0 Å². The van der Waals surface area contributed by atoms with Crippen LogP contribution >= 0.6 is 11.8 Å². The Hall–Kier alpha value is -3.74. The number of carbonyl (C=O) groups excluding carboxylic acids is 5. The number of urea groups is 1. The van der Waals surface area contributed by atoms with Crippen LogP contribution in [0.4, 0.5) is 4.79 Å². The van der Waals surface area contributed by atoms with Crippen molar-refractivity contribution in [2.24, 2.45) is 40.9 Å². The number of nitrogens with one attached hydrogen (secondary N) is 3. The van der Waals surface area contributed by atoms with Gasteiger partial charge >= 0.3 is 23.9 Å². The van der Waals surface area contributed by atoms with E-state index in [1.807, 2.05) is 11.8 Å². The number of amides is 3. The quantitative estimate of drug-likeness (QED) is 0.0332. The first-order valence-electron chi connectivity index (χ1n) is 24.2. The minimum Gasteiger partial charge on any atom is -0.462 e. The molecule has 17 heteroatoms. The molecule has 15 atom stereocenters. The molecule has 4 aliphatic heterocycles. The fourth-order valence-electron chi connectivity index (χ4n) is 14.0. The van der Waals surface area contributed by atoms with E-state index >= 15 is 0 Å². The van der Waals surface area contributed by atoms with E-state index in [4.69, 9.17) is 28.4 Å². The van der Waals surface area contributed by atoms with E-state index in [9.17, 15) is 34.2 Å². The fraction of sp³-hybridized carbons (Fsp3) is 0.735. The Labute approximate surface area is 390 Å². The summed E-state index contributed by atoms with van der Waals surface area (Å²) < 4.78 is 35.6. The van der Waals surface area contributed by atoms with E-state index in [0.29, 0.717) is 81.3 Å². The van der Waals surface area contributed by atoms with Crippen LogP contribution in [0.1, 0.15) is 83.5 Å². The second-order valence-electron chi connectivity index (χ2n) is 20.2. The lowest BCUT2D eigenvalue weighted by atomic mass is 9.59. The second kappa shape index (κ2) is 19.0. The SMILES string of the molecule is C=C1C(=O)O[C@@H]2[C@@H]3[C@@H](C[C@H](OC(=O)CCOCCOCCOCCNC(=O)CCCC[C@@H]4SC[C@@H]5NC(=O)N[C@@H]54)[C@]34CC[C@]3(O)[C@@H]5[C@H]6OC(=O)C(=C)[C@@H]6CCC(=C)[C@@H]5C[C@]43O)C(=C)CC[C@@H]12. The van der Waals surface area contributed by atoms with Gasteiger partial charge in [-0.05, 0) is 76.0 Å². The van der Waals surface area contributed by atoms with Crippen LogP contribution in [0, 0.1) is 40.9 Å². The molecule has 0 bridgehead atoms. The first kappa shape index (κ1) is 47.3. The van der Waals surface area contributed by atoms with Gasteiger partial charge in [0.2, 0.25) is 5.91 Å². The Kier molecular flexibility index (Phi) is 13.6. The summed E-state index contributed by atoms with van der Waals surface area (Å²) in [5, 5.41) is 35.9. The molecule has 362 valence electrons. The van der Waals surface area contributed by atoms with Crippen LogP contribution in [0.15, 0.2) is 48.6 Å². The first-order valence-corrected chi connectivity index (χ1v) is 25.2. The van der Waals surface area contributed by atoms with Gasteiger partial charge in [0.25, 0.3) is 0 Å². The number of thioether (sulfide) groups is 1. The van der Waals surface area contributed by atoms with E-state index in [0.717, 1.165) is 36.2 Å². The lowest BCUT2D eigenvalue weighted by Crippen LogP contribution is -2.64. The molecule has 0 aromatic carbocycles. The molecule has 4 heterocycles. The Balaban J connectivity index is 0.741. The zero-order valence-electron chi connectivity index (χ0n) is 37.9. The molecule has 9 aliphatic rings. The normalized spacial score (nSPS) is 40.7. The predicted octanol–water partition coefficient (Wildman–Crippen LogP) is 3.59. The number of ether oxygens (including phenoxy) is 6. The molecule has 5 aliphatic carbocycles. The van der Waals surface area contributed by atoms with Gasteiger partial charge in [0, 0.05) is 64.2 Å². The third-order valence-corrected chi connectivity index (χ3v) is 18.6. The van der Waals surface area contributed by atoms with Crippen LogP contribution in [-0.4, -0.2) is 139 Å². The molecule has 0 radical (unpaired) electrons. The summed E-state index contributed by atoms with van der Waals surface area (Å²) in [4.78, 5) is 63.7. The number of hydrogen-bond acceptors (Lipinski definition) is 14. The summed E-state index contributed by atoms with van der Waals surface area (Å²) in [5.41, 5.74) is -2.22. The number of carbonyl (C=O) groups is 5. The molecule has 0 aromatic rings. The molecule has 1 spiro atoms. The van der Waals surface area contributed by atoms with Gasteiger partial charge in [-0.25, -0.2) is 14.4 Å². The number of allylic oxidation sites excluding steroid dienone is 2. The van der Waals surface area contributed by atoms with Gasteiger partial charge < -0.3 is 54.6 Å². The van der Waals surface area contributed by atoms with E-state index in [1.54, 1.807) is 0 Å². The lowest BCUT2D eigenvalue weighted by Gasteiger charge is -2.51. The number of rotatable bonds is 18. The van der Waals surface area contributed by atoms with Crippen LogP contribution in [0.2, 0.25) is 0 Å². The minimum absolute atomic E-state index is 0.00712. The Morgan fingerprint density at radius 2 is 1.41 bits per heavy atom. The largest absolute Gasteiger partial charge is 0.462 e.